The summed E-state index contributed by atoms with van der Waals surface area (Å²) < 4.78 is 3.43. The van der Waals surface area contributed by atoms with Crippen molar-refractivity contribution < 1.29 is 0 Å². The third kappa shape index (κ3) is 4.64. The molecule has 1 unspecified atom stereocenters. The molecule has 1 aliphatic carbocycles. The monoisotopic (exact) mass is 477 g/mol. The van der Waals surface area contributed by atoms with Crippen LogP contribution in [0.1, 0.15) is 101 Å². The zero-order chi connectivity index (χ0) is 24.1. The molecule has 2 aromatic carbocycles. The molecular formula is C30H39NS2. The number of aryl methyl sites for hydroxylation is 1. The van der Waals surface area contributed by atoms with Gasteiger partial charge in [0.25, 0.3) is 0 Å². The fourth-order valence-corrected chi connectivity index (χ4v) is 6.79. The first-order chi connectivity index (χ1) is 15.4. The molecule has 3 heteroatoms. The summed E-state index contributed by atoms with van der Waals surface area (Å²) in [5.74, 6) is 0.658. The van der Waals surface area contributed by atoms with Crippen molar-refractivity contribution in [1.82, 2.24) is 4.57 Å². The zero-order valence-corrected chi connectivity index (χ0v) is 23.3. The molecule has 4 rings (SSSR count). The Labute approximate surface area is 209 Å². The summed E-state index contributed by atoms with van der Waals surface area (Å²) in [6.45, 7) is 18.4. The van der Waals surface area contributed by atoms with Gasteiger partial charge in [-0.15, -0.1) is 11.3 Å². The second-order valence-electron chi connectivity index (χ2n) is 11.8. The predicted molar refractivity (Wildman–Crippen MR) is 148 cm³/mol. The Morgan fingerprint density at radius 1 is 1.00 bits per heavy atom. The van der Waals surface area contributed by atoms with Crippen molar-refractivity contribution in [2.45, 2.75) is 97.8 Å². The first-order valence-corrected chi connectivity index (χ1v) is 13.6. The number of benzene rings is 2. The van der Waals surface area contributed by atoms with Crippen molar-refractivity contribution >= 4 is 23.6 Å². The highest BCUT2D eigenvalue weighted by molar-refractivity contribution is 7.73. The number of nitrogens with zero attached hydrogens (tertiary/aromatic N) is 1. The maximum Gasteiger partial charge on any atom is 0.166 e. The standard InChI is InChI=1S/C30H39NS2/c1-9-20-13-11-15-25-27(20)33-28(32)31(25)26-19(2)12-10-14-24(26)21-16-22(29(3,4)5)18-23(17-21)30(6,7)8/h10,12,14,16-18,20H,9,11,13,15H2,1-8H3. The lowest BCUT2D eigenvalue weighted by atomic mass is 9.78. The van der Waals surface area contributed by atoms with Gasteiger partial charge < -0.3 is 0 Å². The van der Waals surface area contributed by atoms with Gasteiger partial charge >= 0.3 is 0 Å². The maximum atomic E-state index is 6.02. The number of hydrogen-bond acceptors (Lipinski definition) is 2. The SMILES string of the molecule is CCC1CCCc2c1sc(=S)n2-c1c(C)cccc1-c1cc(C(C)(C)C)cc(C(C)(C)C)c1. The molecule has 1 atom stereocenters. The minimum absolute atomic E-state index is 0.0895. The molecule has 33 heavy (non-hydrogen) atoms. The topological polar surface area (TPSA) is 4.93 Å². The summed E-state index contributed by atoms with van der Waals surface area (Å²) in [5.41, 5.74) is 9.58. The highest BCUT2D eigenvalue weighted by atomic mass is 32.1. The van der Waals surface area contributed by atoms with Crippen LogP contribution in [0.4, 0.5) is 0 Å². The van der Waals surface area contributed by atoms with Crippen molar-refractivity contribution in [3.8, 4) is 16.8 Å². The van der Waals surface area contributed by atoms with E-state index in [-0.39, 0.29) is 10.8 Å². The lowest BCUT2D eigenvalue weighted by Gasteiger charge is -2.27. The van der Waals surface area contributed by atoms with Crippen LogP contribution >= 0.6 is 23.6 Å². The molecule has 0 fully saturated rings. The molecule has 0 N–H and O–H groups in total. The van der Waals surface area contributed by atoms with E-state index in [4.69, 9.17) is 12.2 Å². The molecule has 0 saturated heterocycles. The van der Waals surface area contributed by atoms with Crippen LogP contribution in [-0.2, 0) is 17.3 Å². The Hall–Kier alpha value is -1.71. The van der Waals surface area contributed by atoms with Crippen molar-refractivity contribution in [3.63, 3.8) is 0 Å². The normalized spacial score (nSPS) is 16.7. The summed E-state index contributed by atoms with van der Waals surface area (Å²) in [7, 11) is 0. The van der Waals surface area contributed by atoms with E-state index in [1.165, 1.54) is 63.3 Å². The highest BCUT2D eigenvalue weighted by Crippen LogP contribution is 2.43. The third-order valence-corrected chi connectivity index (χ3v) is 8.78. The van der Waals surface area contributed by atoms with Gasteiger partial charge in [-0.05, 0) is 83.8 Å². The van der Waals surface area contributed by atoms with Gasteiger partial charge in [0.2, 0.25) is 0 Å². The number of hydrogen-bond donors (Lipinski definition) is 0. The fraction of sp³-hybridized carbons (Fsp3) is 0.500. The summed E-state index contributed by atoms with van der Waals surface area (Å²) in [6, 6.07) is 14.0. The van der Waals surface area contributed by atoms with Gasteiger partial charge in [-0.25, -0.2) is 0 Å². The second kappa shape index (κ2) is 8.82. The molecule has 1 heterocycles. The lowest BCUT2D eigenvalue weighted by molar-refractivity contribution is 0.537. The molecule has 1 aliphatic rings. The van der Waals surface area contributed by atoms with E-state index < -0.39 is 0 Å². The summed E-state index contributed by atoms with van der Waals surface area (Å²) >= 11 is 7.87. The van der Waals surface area contributed by atoms with Crippen LogP contribution in [0.15, 0.2) is 36.4 Å². The first-order valence-electron chi connectivity index (χ1n) is 12.4. The van der Waals surface area contributed by atoms with Crippen LogP contribution in [-0.4, -0.2) is 4.57 Å². The van der Waals surface area contributed by atoms with Crippen LogP contribution in [0, 0.1) is 10.9 Å². The Bertz CT molecular complexity index is 1200. The van der Waals surface area contributed by atoms with Crippen molar-refractivity contribution in [1.29, 1.82) is 0 Å². The Morgan fingerprint density at radius 3 is 2.21 bits per heavy atom. The van der Waals surface area contributed by atoms with Crippen LogP contribution in [0.25, 0.3) is 16.8 Å². The molecule has 1 aromatic heterocycles. The van der Waals surface area contributed by atoms with Crippen LogP contribution in [0.5, 0.6) is 0 Å². The Balaban J connectivity index is 2.01. The fourth-order valence-electron chi connectivity index (χ4n) is 5.07. The Kier molecular flexibility index (Phi) is 6.52. The minimum Gasteiger partial charge on any atom is -0.295 e. The van der Waals surface area contributed by atoms with Gasteiger partial charge in [-0.1, -0.05) is 84.9 Å². The van der Waals surface area contributed by atoms with Crippen LogP contribution in [0.3, 0.4) is 0 Å². The lowest BCUT2D eigenvalue weighted by Crippen LogP contribution is -2.17. The molecule has 176 valence electrons. The number of para-hydroxylation sites is 1. The van der Waals surface area contributed by atoms with Gasteiger partial charge in [0.05, 0.1) is 5.69 Å². The van der Waals surface area contributed by atoms with E-state index in [2.05, 4.69) is 96.4 Å². The molecule has 0 amide bonds. The minimum atomic E-state index is 0.0895. The van der Waals surface area contributed by atoms with Gasteiger partial charge in [0.1, 0.15) is 0 Å². The molecule has 0 spiro atoms. The molecule has 3 aromatic rings. The zero-order valence-electron chi connectivity index (χ0n) is 21.6. The van der Waals surface area contributed by atoms with E-state index in [0.717, 1.165) is 10.4 Å². The van der Waals surface area contributed by atoms with Gasteiger partial charge in [-0.3, -0.25) is 4.57 Å². The Morgan fingerprint density at radius 2 is 1.64 bits per heavy atom. The first kappa shape index (κ1) is 24.4. The molecular weight excluding hydrogens is 438 g/mol. The third-order valence-electron chi connectivity index (χ3n) is 7.20. The predicted octanol–water partition coefficient (Wildman–Crippen LogP) is 9.67. The molecule has 1 nitrogen and oxygen atoms in total. The summed E-state index contributed by atoms with van der Waals surface area (Å²) in [6.07, 6.45) is 4.88. The van der Waals surface area contributed by atoms with E-state index >= 15 is 0 Å². The van der Waals surface area contributed by atoms with Crippen molar-refractivity contribution in [2.75, 3.05) is 0 Å². The molecule has 0 radical (unpaired) electrons. The van der Waals surface area contributed by atoms with Crippen LogP contribution < -0.4 is 0 Å². The van der Waals surface area contributed by atoms with Gasteiger partial charge in [0, 0.05) is 16.1 Å². The van der Waals surface area contributed by atoms with E-state index in [1.807, 2.05) is 11.3 Å². The van der Waals surface area contributed by atoms with Gasteiger partial charge in [-0.2, -0.15) is 0 Å². The average molecular weight is 478 g/mol. The van der Waals surface area contributed by atoms with Gasteiger partial charge in [0.15, 0.2) is 3.95 Å². The maximum absolute atomic E-state index is 6.02. The van der Waals surface area contributed by atoms with E-state index in [9.17, 15) is 0 Å². The average Bonchev–Trinajstić information content (AvgIpc) is 3.07. The number of aromatic nitrogens is 1. The smallest absolute Gasteiger partial charge is 0.166 e. The second-order valence-corrected chi connectivity index (χ2v) is 13.5. The highest BCUT2D eigenvalue weighted by Gasteiger charge is 2.27. The van der Waals surface area contributed by atoms with Crippen molar-refractivity contribution in [3.05, 3.63) is 67.6 Å². The number of fused-ring (bicyclic) bond motifs is 1. The quantitative estimate of drug-likeness (QED) is 0.340. The number of rotatable bonds is 3. The molecule has 0 bridgehead atoms. The largest absolute Gasteiger partial charge is 0.295 e. The summed E-state index contributed by atoms with van der Waals surface area (Å²) in [5, 5.41) is 0. The number of thiazole rings is 1. The molecule has 0 aliphatic heterocycles. The van der Waals surface area contributed by atoms with E-state index in [1.54, 1.807) is 0 Å². The van der Waals surface area contributed by atoms with Crippen molar-refractivity contribution in [2.24, 2.45) is 0 Å². The molecule has 0 saturated carbocycles. The van der Waals surface area contributed by atoms with E-state index in [0.29, 0.717) is 5.92 Å². The summed E-state index contributed by atoms with van der Waals surface area (Å²) in [4.78, 5) is 1.53. The van der Waals surface area contributed by atoms with Crippen LogP contribution in [0.2, 0.25) is 0 Å².